The molecule has 3 nitrogen and oxygen atoms in total. The van der Waals surface area contributed by atoms with E-state index in [0.29, 0.717) is 5.02 Å². The molecule has 2 rings (SSSR count). The van der Waals surface area contributed by atoms with Gasteiger partial charge in [-0.3, -0.25) is 9.78 Å². The van der Waals surface area contributed by atoms with E-state index >= 15 is 0 Å². The maximum Gasteiger partial charge on any atom is 0.395 e. The second-order valence-electron chi connectivity index (χ2n) is 4.71. The summed E-state index contributed by atoms with van der Waals surface area (Å²) in [5, 5.41) is 9.14. The van der Waals surface area contributed by atoms with E-state index in [0.717, 1.165) is 0 Å². The first-order valence-corrected chi connectivity index (χ1v) is 6.04. The summed E-state index contributed by atoms with van der Waals surface area (Å²) in [7, 11) is 0. The first-order valence-electron chi connectivity index (χ1n) is 5.66. The molecule has 1 heterocycles. The van der Waals surface area contributed by atoms with Gasteiger partial charge < -0.3 is 5.11 Å². The number of pyridine rings is 1. The lowest BCUT2D eigenvalue weighted by Gasteiger charge is -2.27. The van der Waals surface area contributed by atoms with E-state index in [4.69, 9.17) is 16.7 Å². The van der Waals surface area contributed by atoms with Gasteiger partial charge in [-0.15, -0.1) is 0 Å². The molecule has 1 atom stereocenters. The zero-order chi connectivity index (χ0) is 14.3. The van der Waals surface area contributed by atoms with Crippen molar-refractivity contribution >= 4 is 17.6 Å². The molecule has 0 unspecified atom stereocenters. The molecule has 1 aromatic rings. The third-order valence-corrected chi connectivity index (χ3v) is 3.73. The van der Waals surface area contributed by atoms with Crippen LogP contribution >= 0.6 is 11.6 Å². The van der Waals surface area contributed by atoms with E-state index < -0.39 is 29.9 Å². The van der Waals surface area contributed by atoms with Gasteiger partial charge in [-0.2, -0.15) is 13.2 Å². The van der Waals surface area contributed by atoms with Crippen LogP contribution in [0.25, 0.3) is 0 Å². The lowest BCUT2D eigenvalue weighted by molar-refractivity contribution is -0.195. The molecule has 7 heteroatoms. The van der Waals surface area contributed by atoms with Gasteiger partial charge in [0, 0.05) is 17.8 Å². The smallest absolute Gasteiger partial charge is 0.395 e. The van der Waals surface area contributed by atoms with Crippen molar-refractivity contribution in [3.63, 3.8) is 0 Å². The molecular weight excluding hydrogens is 283 g/mol. The number of nitrogens with zero attached hydrogens (tertiary/aromatic N) is 1. The highest BCUT2D eigenvalue weighted by Crippen LogP contribution is 2.65. The van der Waals surface area contributed by atoms with Crippen LogP contribution in [0.4, 0.5) is 13.2 Å². The highest BCUT2D eigenvalue weighted by Gasteiger charge is 2.67. The summed E-state index contributed by atoms with van der Waals surface area (Å²) in [5.74, 6) is -2.43. The monoisotopic (exact) mass is 293 g/mol. The zero-order valence-corrected chi connectivity index (χ0v) is 10.5. The molecule has 0 saturated heterocycles. The summed E-state index contributed by atoms with van der Waals surface area (Å²) < 4.78 is 39.3. The van der Waals surface area contributed by atoms with E-state index in [1.807, 2.05) is 0 Å². The molecule has 0 bridgehead atoms. The zero-order valence-electron chi connectivity index (χ0n) is 9.75. The quantitative estimate of drug-likeness (QED) is 0.922. The van der Waals surface area contributed by atoms with Gasteiger partial charge in [0.25, 0.3) is 0 Å². The highest BCUT2D eigenvalue weighted by atomic mass is 35.5. The van der Waals surface area contributed by atoms with Gasteiger partial charge in [0.15, 0.2) is 0 Å². The fourth-order valence-electron chi connectivity index (χ4n) is 2.32. The molecule has 1 saturated carbocycles. The topological polar surface area (TPSA) is 50.2 Å². The minimum absolute atomic E-state index is 0.0568. The van der Waals surface area contributed by atoms with E-state index in [9.17, 15) is 18.0 Å². The van der Waals surface area contributed by atoms with Crippen molar-refractivity contribution in [1.82, 2.24) is 4.98 Å². The molecule has 0 aromatic carbocycles. The van der Waals surface area contributed by atoms with Crippen LogP contribution in [0, 0.1) is 5.41 Å². The summed E-state index contributed by atoms with van der Waals surface area (Å²) >= 11 is 5.64. The number of hydrogen-bond donors (Lipinski definition) is 1. The SMILES string of the molecule is O=C(O)C[C@H](c1ccc(Cl)cn1)C1(C(F)(F)F)CC1. The largest absolute Gasteiger partial charge is 0.481 e. The van der Waals surface area contributed by atoms with Crippen LogP contribution in [0.2, 0.25) is 5.02 Å². The molecule has 1 N–H and O–H groups in total. The molecule has 104 valence electrons. The van der Waals surface area contributed by atoms with Crippen molar-refractivity contribution in [3.8, 4) is 0 Å². The molecule has 1 aliphatic carbocycles. The maximum atomic E-state index is 13.1. The van der Waals surface area contributed by atoms with Crippen molar-refractivity contribution in [2.75, 3.05) is 0 Å². The average Bonchev–Trinajstić information content (AvgIpc) is 3.07. The Hall–Kier alpha value is -1.30. The number of carboxylic acids is 1. The lowest BCUT2D eigenvalue weighted by atomic mass is 9.82. The van der Waals surface area contributed by atoms with E-state index in [1.165, 1.54) is 18.3 Å². The van der Waals surface area contributed by atoms with Crippen LogP contribution in [0.1, 0.15) is 30.9 Å². The Morgan fingerprint density at radius 3 is 2.47 bits per heavy atom. The van der Waals surface area contributed by atoms with Crippen molar-refractivity contribution < 1.29 is 23.1 Å². The summed E-state index contributed by atoms with van der Waals surface area (Å²) in [6.07, 6.45) is -3.89. The first kappa shape index (κ1) is 14.1. The number of carbonyl (C=O) groups is 1. The van der Waals surface area contributed by atoms with Crippen molar-refractivity contribution in [2.45, 2.75) is 31.4 Å². The lowest BCUT2D eigenvalue weighted by Crippen LogP contribution is -2.32. The van der Waals surface area contributed by atoms with Crippen LogP contribution < -0.4 is 0 Å². The Morgan fingerprint density at radius 2 is 2.11 bits per heavy atom. The normalized spacial score (nSPS) is 18.9. The summed E-state index contributed by atoms with van der Waals surface area (Å²) in [4.78, 5) is 14.7. The van der Waals surface area contributed by atoms with Gasteiger partial charge in [-0.1, -0.05) is 11.6 Å². The van der Waals surface area contributed by atoms with Gasteiger partial charge in [0.2, 0.25) is 0 Å². The van der Waals surface area contributed by atoms with E-state index in [1.54, 1.807) is 0 Å². The highest BCUT2D eigenvalue weighted by molar-refractivity contribution is 6.30. The number of alkyl halides is 3. The third-order valence-electron chi connectivity index (χ3n) is 3.51. The maximum absolute atomic E-state index is 13.1. The second-order valence-corrected chi connectivity index (χ2v) is 5.14. The Kier molecular flexibility index (Phi) is 3.47. The second kappa shape index (κ2) is 4.67. The van der Waals surface area contributed by atoms with Crippen LogP contribution in [0.3, 0.4) is 0 Å². The van der Waals surface area contributed by atoms with Gasteiger partial charge in [-0.25, -0.2) is 0 Å². The first-order chi connectivity index (χ1) is 8.76. The predicted octanol–water partition coefficient (Wildman–Crippen LogP) is 3.64. The Balaban J connectivity index is 2.37. The van der Waals surface area contributed by atoms with E-state index in [-0.39, 0.29) is 18.5 Å². The van der Waals surface area contributed by atoms with Crippen molar-refractivity contribution in [1.29, 1.82) is 0 Å². The molecule has 1 fully saturated rings. The Labute approximate surface area is 112 Å². The number of rotatable bonds is 4. The number of aliphatic carboxylic acids is 1. The number of hydrogen-bond acceptors (Lipinski definition) is 2. The number of halogens is 4. The molecule has 0 radical (unpaired) electrons. The fourth-order valence-corrected chi connectivity index (χ4v) is 2.43. The summed E-state index contributed by atoms with van der Waals surface area (Å²) in [5.41, 5.74) is -1.83. The Bertz CT molecular complexity index is 483. The molecular formula is C12H11ClF3NO2. The van der Waals surface area contributed by atoms with Gasteiger partial charge in [0.05, 0.1) is 16.9 Å². The van der Waals surface area contributed by atoms with Crippen molar-refractivity contribution in [3.05, 3.63) is 29.0 Å². The third kappa shape index (κ3) is 2.68. The average molecular weight is 294 g/mol. The van der Waals surface area contributed by atoms with Crippen LogP contribution in [0.5, 0.6) is 0 Å². The molecule has 1 aromatic heterocycles. The molecule has 0 aliphatic heterocycles. The summed E-state index contributed by atoms with van der Waals surface area (Å²) in [6, 6.07) is 2.78. The van der Waals surface area contributed by atoms with Crippen LogP contribution in [-0.4, -0.2) is 22.2 Å². The number of aromatic nitrogens is 1. The summed E-state index contributed by atoms with van der Waals surface area (Å²) in [6.45, 7) is 0. The minimum atomic E-state index is -4.42. The van der Waals surface area contributed by atoms with Gasteiger partial charge in [-0.05, 0) is 25.0 Å². The standard InChI is InChI=1S/C12H11ClF3NO2/c13-7-1-2-9(17-6-7)8(5-10(18)19)11(3-4-11)12(14,15)16/h1-2,6,8H,3-5H2,(H,18,19)/t8-/m1/s1. The predicted molar refractivity (Wildman–Crippen MR) is 62.0 cm³/mol. The molecule has 0 spiro atoms. The van der Waals surface area contributed by atoms with Crippen molar-refractivity contribution in [2.24, 2.45) is 5.41 Å². The Morgan fingerprint density at radius 1 is 1.47 bits per heavy atom. The van der Waals surface area contributed by atoms with Gasteiger partial charge in [0.1, 0.15) is 0 Å². The molecule has 1 aliphatic rings. The number of carboxylic acid groups (broad SMARTS) is 1. The van der Waals surface area contributed by atoms with Gasteiger partial charge >= 0.3 is 12.1 Å². The van der Waals surface area contributed by atoms with Crippen LogP contribution in [-0.2, 0) is 4.79 Å². The van der Waals surface area contributed by atoms with Crippen LogP contribution in [0.15, 0.2) is 18.3 Å². The molecule has 0 amide bonds. The minimum Gasteiger partial charge on any atom is -0.481 e. The van der Waals surface area contributed by atoms with E-state index in [2.05, 4.69) is 4.98 Å². The fraction of sp³-hybridized carbons (Fsp3) is 0.500. The molecule has 19 heavy (non-hydrogen) atoms.